The van der Waals surface area contributed by atoms with E-state index < -0.39 is 0 Å². The minimum Gasteiger partial charge on any atom is -0.508 e. The average molecular weight is 326 g/mol. The van der Waals surface area contributed by atoms with E-state index in [4.69, 9.17) is 0 Å². The molecule has 0 fully saturated rings. The van der Waals surface area contributed by atoms with Crippen LogP contribution in [-0.4, -0.2) is 24.2 Å². The molecular formula is C20H26N2O2. The Balaban J connectivity index is 1.67. The number of phenols is 1. The lowest BCUT2D eigenvalue weighted by atomic mass is 9.85. The van der Waals surface area contributed by atoms with Gasteiger partial charge in [-0.05, 0) is 36.1 Å². The first-order valence-electron chi connectivity index (χ1n) is 8.32. The van der Waals surface area contributed by atoms with E-state index in [1.165, 1.54) is 5.56 Å². The SMILES string of the molecule is CC(C)(CNC(=O)NCCCc1ccc(O)cc1)c1ccccc1. The number of carbonyl (C=O) groups is 1. The standard InChI is InChI=1S/C20H26N2O2/c1-20(2,17-8-4-3-5-9-17)15-22-19(24)21-14-6-7-16-10-12-18(23)13-11-16/h3-5,8-13,23H,6-7,14-15H2,1-2H3,(H2,21,22,24). The molecule has 2 rings (SSSR count). The molecule has 0 aliphatic carbocycles. The summed E-state index contributed by atoms with van der Waals surface area (Å²) in [6.45, 7) is 5.44. The van der Waals surface area contributed by atoms with Crippen LogP contribution in [0.4, 0.5) is 4.79 Å². The van der Waals surface area contributed by atoms with Gasteiger partial charge in [-0.2, -0.15) is 0 Å². The van der Waals surface area contributed by atoms with Crippen molar-refractivity contribution in [2.45, 2.75) is 32.1 Å². The maximum absolute atomic E-state index is 11.9. The van der Waals surface area contributed by atoms with Crippen molar-refractivity contribution in [1.29, 1.82) is 0 Å². The van der Waals surface area contributed by atoms with E-state index in [1.807, 2.05) is 30.3 Å². The maximum atomic E-state index is 11.9. The monoisotopic (exact) mass is 326 g/mol. The summed E-state index contributed by atoms with van der Waals surface area (Å²) in [4.78, 5) is 11.9. The fourth-order valence-corrected chi connectivity index (χ4v) is 2.51. The number of urea groups is 1. The second-order valence-electron chi connectivity index (χ2n) is 6.63. The Bertz CT molecular complexity index is 636. The normalized spacial score (nSPS) is 11.1. The van der Waals surface area contributed by atoms with Gasteiger partial charge in [-0.15, -0.1) is 0 Å². The highest BCUT2D eigenvalue weighted by atomic mass is 16.3. The fourth-order valence-electron chi connectivity index (χ4n) is 2.51. The van der Waals surface area contributed by atoms with E-state index in [0.717, 1.165) is 18.4 Å². The van der Waals surface area contributed by atoms with Crippen LogP contribution in [-0.2, 0) is 11.8 Å². The van der Waals surface area contributed by atoms with Gasteiger partial charge in [-0.3, -0.25) is 0 Å². The van der Waals surface area contributed by atoms with Crippen LogP contribution in [0.1, 0.15) is 31.4 Å². The van der Waals surface area contributed by atoms with Crippen molar-refractivity contribution in [1.82, 2.24) is 10.6 Å². The van der Waals surface area contributed by atoms with Crippen LogP contribution in [0.5, 0.6) is 5.75 Å². The Morgan fingerprint density at radius 1 is 1.00 bits per heavy atom. The smallest absolute Gasteiger partial charge is 0.314 e. The van der Waals surface area contributed by atoms with Crippen LogP contribution >= 0.6 is 0 Å². The van der Waals surface area contributed by atoms with Crippen molar-refractivity contribution in [3.8, 4) is 5.75 Å². The first-order valence-corrected chi connectivity index (χ1v) is 8.32. The van der Waals surface area contributed by atoms with Crippen molar-refractivity contribution in [2.75, 3.05) is 13.1 Å². The summed E-state index contributed by atoms with van der Waals surface area (Å²) >= 11 is 0. The van der Waals surface area contributed by atoms with Gasteiger partial charge in [0.2, 0.25) is 0 Å². The summed E-state index contributed by atoms with van der Waals surface area (Å²) in [7, 11) is 0. The molecule has 0 spiro atoms. The quantitative estimate of drug-likeness (QED) is 0.681. The largest absolute Gasteiger partial charge is 0.508 e. The molecule has 0 atom stereocenters. The number of phenolic OH excluding ortho intramolecular Hbond substituents is 1. The summed E-state index contributed by atoms with van der Waals surface area (Å²) in [6.07, 6.45) is 1.73. The number of amides is 2. The van der Waals surface area contributed by atoms with E-state index in [-0.39, 0.29) is 17.2 Å². The molecule has 0 saturated heterocycles. The summed E-state index contributed by atoms with van der Waals surface area (Å²) in [5, 5.41) is 15.1. The molecule has 0 bridgehead atoms. The molecule has 0 aliphatic rings. The lowest BCUT2D eigenvalue weighted by molar-refractivity contribution is 0.238. The molecule has 128 valence electrons. The molecule has 0 aromatic heterocycles. The van der Waals surface area contributed by atoms with Gasteiger partial charge in [0.05, 0.1) is 0 Å². The zero-order valence-corrected chi connectivity index (χ0v) is 14.4. The number of aryl methyl sites for hydroxylation is 1. The topological polar surface area (TPSA) is 61.4 Å². The molecule has 0 saturated carbocycles. The highest BCUT2D eigenvalue weighted by Crippen LogP contribution is 2.21. The highest BCUT2D eigenvalue weighted by molar-refractivity contribution is 5.73. The minimum absolute atomic E-state index is 0.107. The molecule has 2 aromatic carbocycles. The van der Waals surface area contributed by atoms with E-state index in [9.17, 15) is 9.90 Å². The summed E-state index contributed by atoms with van der Waals surface area (Å²) in [5.41, 5.74) is 2.25. The van der Waals surface area contributed by atoms with Gasteiger partial charge >= 0.3 is 6.03 Å². The summed E-state index contributed by atoms with van der Waals surface area (Å²) in [6, 6.07) is 17.2. The van der Waals surface area contributed by atoms with E-state index >= 15 is 0 Å². The van der Waals surface area contributed by atoms with Gasteiger partial charge in [0.15, 0.2) is 0 Å². The first-order chi connectivity index (χ1) is 11.5. The van der Waals surface area contributed by atoms with Crippen molar-refractivity contribution < 1.29 is 9.90 Å². The molecule has 2 aromatic rings. The molecule has 4 heteroatoms. The molecule has 4 nitrogen and oxygen atoms in total. The Morgan fingerprint density at radius 2 is 1.67 bits per heavy atom. The zero-order chi connectivity index (χ0) is 17.4. The summed E-state index contributed by atoms with van der Waals surface area (Å²) in [5.74, 6) is 0.275. The van der Waals surface area contributed by atoms with Gasteiger partial charge in [-0.25, -0.2) is 4.79 Å². The Kier molecular flexibility index (Phi) is 6.24. The molecule has 2 amide bonds. The van der Waals surface area contributed by atoms with Gasteiger partial charge in [-0.1, -0.05) is 56.3 Å². The predicted molar refractivity (Wildman–Crippen MR) is 97.3 cm³/mol. The van der Waals surface area contributed by atoms with E-state index in [2.05, 4.69) is 36.6 Å². The van der Waals surface area contributed by atoms with Crippen molar-refractivity contribution >= 4 is 6.03 Å². The van der Waals surface area contributed by atoms with Crippen LogP contribution in [0.3, 0.4) is 0 Å². The Morgan fingerprint density at radius 3 is 2.33 bits per heavy atom. The summed E-state index contributed by atoms with van der Waals surface area (Å²) < 4.78 is 0. The van der Waals surface area contributed by atoms with Crippen LogP contribution in [0, 0.1) is 0 Å². The second-order valence-corrected chi connectivity index (χ2v) is 6.63. The van der Waals surface area contributed by atoms with Crippen molar-refractivity contribution in [2.24, 2.45) is 0 Å². The molecular weight excluding hydrogens is 300 g/mol. The molecule has 0 aliphatic heterocycles. The lowest BCUT2D eigenvalue weighted by Gasteiger charge is -2.25. The van der Waals surface area contributed by atoms with E-state index in [1.54, 1.807) is 12.1 Å². The first kappa shape index (κ1) is 17.9. The van der Waals surface area contributed by atoms with Gasteiger partial charge in [0.1, 0.15) is 5.75 Å². The number of carbonyl (C=O) groups excluding carboxylic acids is 1. The predicted octanol–water partition coefficient (Wildman–Crippen LogP) is 3.60. The molecule has 0 heterocycles. The number of hydrogen-bond acceptors (Lipinski definition) is 2. The fraction of sp³-hybridized carbons (Fsp3) is 0.350. The van der Waals surface area contributed by atoms with Crippen molar-refractivity contribution in [3.63, 3.8) is 0 Å². The molecule has 3 N–H and O–H groups in total. The van der Waals surface area contributed by atoms with Crippen LogP contribution in [0.25, 0.3) is 0 Å². The van der Waals surface area contributed by atoms with Gasteiger partial charge in [0.25, 0.3) is 0 Å². The van der Waals surface area contributed by atoms with E-state index in [0.29, 0.717) is 13.1 Å². The molecule has 0 radical (unpaired) electrons. The van der Waals surface area contributed by atoms with Gasteiger partial charge < -0.3 is 15.7 Å². The number of hydrogen-bond donors (Lipinski definition) is 3. The van der Waals surface area contributed by atoms with Gasteiger partial charge in [0, 0.05) is 18.5 Å². The van der Waals surface area contributed by atoms with Crippen LogP contribution < -0.4 is 10.6 Å². The zero-order valence-electron chi connectivity index (χ0n) is 14.4. The van der Waals surface area contributed by atoms with Crippen molar-refractivity contribution in [3.05, 3.63) is 65.7 Å². The number of nitrogens with one attached hydrogen (secondary N) is 2. The van der Waals surface area contributed by atoms with Crippen LogP contribution in [0.2, 0.25) is 0 Å². The number of benzene rings is 2. The van der Waals surface area contributed by atoms with Crippen LogP contribution in [0.15, 0.2) is 54.6 Å². The average Bonchev–Trinajstić information content (AvgIpc) is 2.59. The maximum Gasteiger partial charge on any atom is 0.314 e. The Labute approximate surface area is 143 Å². The third kappa shape index (κ3) is 5.61. The Hall–Kier alpha value is -2.49. The second kappa shape index (κ2) is 8.39. The number of aromatic hydroxyl groups is 1. The molecule has 0 unspecified atom stereocenters. The number of rotatable bonds is 7. The third-order valence-electron chi connectivity index (χ3n) is 4.11. The molecule has 24 heavy (non-hydrogen) atoms. The highest BCUT2D eigenvalue weighted by Gasteiger charge is 2.20. The third-order valence-corrected chi connectivity index (χ3v) is 4.11. The minimum atomic E-state index is -0.135. The lowest BCUT2D eigenvalue weighted by Crippen LogP contribution is -2.42.